The van der Waals surface area contributed by atoms with Crippen LogP contribution >= 0.6 is 0 Å². The molecule has 0 aliphatic heterocycles. The third-order valence-corrected chi connectivity index (χ3v) is 1.59. The lowest BCUT2D eigenvalue weighted by molar-refractivity contribution is -0.131. The molecule has 0 aliphatic carbocycles. The van der Waals surface area contributed by atoms with E-state index in [0.29, 0.717) is 0 Å². The maximum absolute atomic E-state index is 11.1. The van der Waals surface area contributed by atoms with Crippen molar-refractivity contribution in [2.24, 2.45) is 5.92 Å². The molecule has 2 amide bonds. The normalized spacial score (nSPS) is 12.4. The first-order valence-corrected chi connectivity index (χ1v) is 4.15. The third-order valence-electron chi connectivity index (χ3n) is 1.59. The molecule has 1 atom stereocenters. The second kappa shape index (κ2) is 5.53. The lowest BCUT2D eigenvalue weighted by Crippen LogP contribution is -2.49. The number of rotatable bonds is 4. The van der Waals surface area contributed by atoms with Gasteiger partial charge in [0.05, 0.1) is 6.61 Å². The zero-order chi connectivity index (χ0) is 10.4. The Morgan fingerprint density at radius 1 is 1.31 bits per heavy atom. The molecule has 0 rings (SSSR count). The van der Waals surface area contributed by atoms with E-state index in [1.54, 1.807) is 13.8 Å². The standard InChI is InChI=1S/C8H16N2O3/c1-5(2)7(12)10-6(4-11)8(13)9-3/h5-6,11H,4H2,1-3H3,(H,9,13)(H,10,12). The maximum atomic E-state index is 11.1. The van der Waals surface area contributed by atoms with Crippen LogP contribution in [0, 0.1) is 5.92 Å². The minimum Gasteiger partial charge on any atom is -0.394 e. The van der Waals surface area contributed by atoms with Crippen LogP contribution in [0.15, 0.2) is 0 Å². The van der Waals surface area contributed by atoms with Crippen molar-refractivity contribution in [2.75, 3.05) is 13.7 Å². The fraction of sp³-hybridized carbons (Fsp3) is 0.750. The highest BCUT2D eigenvalue weighted by atomic mass is 16.3. The smallest absolute Gasteiger partial charge is 0.244 e. The van der Waals surface area contributed by atoms with Crippen molar-refractivity contribution in [1.29, 1.82) is 0 Å². The van der Waals surface area contributed by atoms with E-state index >= 15 is 0 Å². The largest absolute Gasteiger partial charge is 0.394 e. The highest BCUT2D eigenvalue weighted by Crippen LogP contribution is 1.92. The molecule has 1 unspecified atom stereocenters. The number of aliphatic hydroxyl groups is 1. The average Bonchev–Trinajstić information content (AvgIpc) is 2.12. The second-order valence-electron chi connectivity index (χ2n) is 3.01. The van der Waals surface area contributed by atoms with Gasteiger partial charge in [0, 0.05) is 13.0 Å². The summed E-state index contributed by atoms with van der Waals surface area (Å²) in [7, 11) is 1.45. The van der Waals surface area contributed by atoms with E-state index in [-0.39, 0.29) is 11.8 Å². The van der Waals surface area contributed by atoms with Crippen LogP contribution in [-0.4, -0.2) is 36.6 Å². The number of likely N-dealkylation sites (N-methyl/N-ethyl adjacent to an activating group) is 1. The Bertz CT molecular complexity index is 192. The number of hydrogen-bond donors (Lipinski definition) is 3. The Morgan fingerprint density at radius 2 is 1.85 bits per heavy atom. The van der Waals surface area contributed by atoms with Crippen molar-refractivity contribution in [2.45, 2.75) is 19.9 Å². The molecule has 0 fully saturated rings. The summed E-state index contributed by atoms with van der Waals surface area (Å²) in [5.41, 5.74) is 0. The maximum Gasteiger partial charge on any atom is 0.244 e. The van der Waals surface area contributed by atoms with Crippen molar-refractivity contribution in [3.8, 4) is 0 Å². The molecule has 0 aromatic heterocycles. The summed E-state index contributed by atoms with van der Waals surface area (Å²) in [5.74, 6) is -0.835. The predicted molar refractivity (Wildman–Crippen MR) is 47.9 cm³/mol. The minimum absolute atomic E-state index is 0.196. The molecule has 0 aromatic carbocycles. The van der Waals surface area contributed by atoms with E-state index in [2.05, 4.69) is 10.6 Å². The summed E-state index contributed by atoms with van der Waals surface area (Å²) in [6.07, 6.45) is 0. The van der Waals surface area contributed by atoms with Gasteiger partial charge in [-0.05, 0) is 0 Å². The van der Waals surface area contributed by atoms with Crippen LogP contribution in [-0.2, 0) is 9.59 Å². The van der Waals surface area contributed by atoms with Crippen molar-refractivity contribution in [3.05, 3.63) is 0 Å². The Hall–Kier alpha value is -1.10. The van der Waals surface area contributed by atoms with Gasteiger partial charge >= 0.3 is 0 Å². The molecule has 0 radical (unpaired) electrons. The summed E-state index contributed by atoms with van der Waals surface area (Å²) in [4.78, 5) is 22.1. The number of nitrogens with one attached hydrogen (secondary N) is 2. The Kier molecular flexibility index (Phi) is 5.06. The quantitative estimate of drug-likeness (QED) is 0.522. The second-order valence-corrected chi connectivity index (χ2v) is 3.01. The minimum atomic E-state index is -0.847. The highest BCUT2D eigenvalue weighted by molar-refractivity contribution is 5.88. The van der Waals surface area contributed by atoms with Crippen molar-refractivity contribution < 1.29 is 14.7 Å². The lowest BCUT2D eigenvalue weighted by Gasteiger charge is -2.15. The molecule has 0 aromatic rings. The van der Waals surface area contributed by atoms with Crippen LogP contribution < -0.4 is 10.6 Å². The Balaban J connectivity index is 4.13. The number of carbonyl (C=O) groups excluding carboxylic acids is 2. The number of aliphatic hydroxyl groups excluding tert-OH is 1. The molecular weight excluding hydrogens is 172 g/mol. The van der Waals surface area contributed by atoms with Crippen LogP contribution in [0.4, 0.5) is 0 Å². The molecule has 0 aliphatic rings. The van der Waals surface area contributed by atoms with Gasteiger partial charge in [0.15, 0.2) is 0 Å². The molecule has 5 heteroatoms. The number of amides is 2. The molecule has 0 heterocycles. The predicted octanol–water partition coefficient (Wildman–Crippen LogP) is -1.13. The van der Waals surface area contributed by atoms with Gasteiger partial charge in [0.1, 0.15) is 6.04 Å². The van der Waals surface area contributed by atoms with Crippen LogP contribution in [0.3, 0.4) is 0 Å². The molecule has 0 saturated carbocycles. The molecule has 0 spiro atoms. The zero-order valence-corrected chi connectivity index (χ0v) is 8.13. The average molecular weight is 188 g/mol. The fourth-order valence-electron chi connectivity index (χ4n) is 0.707. The van der Waals surface area contributed by atoms with E-state index in [0.717, 1.165) is 0 Å². The summed E-state index contributed by atoms with van der Waals surface area (Å²) in [5, 5.41) is 13.5. The van der Waals surface area contributed by atoms with Gasteiger partial charge in [-0.25, -0.2) is 0 Å². The van der Waals surface area contributed by atoms with E-state index in [9.17, 15) is 9.59 Å². The molecule has 3 N–H and O–H groups in total. The third kappa shape index (κ3) is 3.89. The van der Waals surface area contributed by atoms with Gasteiger partial charge in [-0.3, -0.25) is 9.59 Å². The molecule has 13 heavy (non-hydrogen) atoms. The van der Waals surface area contributed by atoms with Crippen LogP contribution in [0.2, 0.25) is 0 Å². The van der Waals surface area contributed by atoms with Crippen LogP contribution in [0.1, 0.15) is 13.8 Å². The van der Waals surface area contributed by atoms with E-state index < -0.39 is 18.6 Å². The highest BCUT2D eigenvalue weighted by Gasteiger charge is 2.19. The van der Waals surface area contributed by atoms with Gasteiger partial charge in [-0.1, -0.05) is 13.8 Å². The van der Waals surface area contributed by atoms with Gasteiger partial charge in [0.25, 0.3) is 0 Å². The zero-order valence-electron chi connectivity index (χ0n) is 8.13. The molecular formula is C8H16N2O3. The lowest BCUT2D eigenvalue weighted by atomic mass is 10.2. The van der Waals surface area contributed by atoms with Gasteiger partial charge in [-0.2, -0.15) is 0 Å². The van der Waals surface area contributed by atoms with E-state index in [1.807, 2.05) is 0 Å². The first-order chi connectivity index (χ1) is 6.02. The van der Waals surface area contributed by atoms with Crippen molar-refractivity contribution >= 4 is 11.8 Å². The molecule has 76 valence electrons. The van der Waals surface area contributed by atoms with E-state index in [1.165, 1.54) is 7.05 Å². The Labute approximate surface area is 77.5 Å². The Morgan fingerprint density at radius 3 is 2.15 bits per heavy atom. The van der Waals surface area contributed by atoms with Crippen LogP contribution in [0.5, 0.6) is 0 Å². The summed E-state index contributed by atoms with van der Waals surface area (Å²) in [6, 6.07) is -0.847. The molecule has 0 bridgehead atoms. The van der Waals surface area contributed by atoms with Crippen molar-refractivity contribution in [1.82, 2.24) is 10.6 Å². The van der Waals surface area contributed by atoms with E-state index in [4.69, 9.17) is 5.11 Å². The van der Waals surface area contributed by atoms with Gasteiger partial charge < -0.3 is 15.7 Å². The monoisotopic (exact) mass is 188 g/mol. The summed E-state index contributed by atoms with van der Waals surface area (Å²) in [6.45, 7) is 3.04. The summed E-state index contributed by atoms with van der Waals surface area (Å²) < 4.78 is 0. The topological polar surface area (TPSA) is 78.4 Å². The first kappa shape index (κ1) is 11.9. The number of hydrogen-bond acceptors (Lipinski definition) is 3. The number of carbonyl (C=O) groups is 2. The van der Waals surface area contributed by atoms with Crippen molar-refractivity contribution in [3.63, 3.8) is 0 Å². The molecule has 0 saturated heterocycles. The fourth-order valence-corrected chi connectivity index (χ4v) is 0.707. The first-order valence-electron chi connectivity index (χ1n) is 4.15. The van der Waals surface area contributed by atoms with Gasteiger partial charge in [0.2, 0.25) is 11.8 Å². The molecule has 5 nitrogen and oxygen atoms in total. The summed E-state index contributed by atoms with van der Waals surface area (Å²) >= 11 is 0. The van der Waals surface area contributed by atoms with Gasteiger partial charge in [-0.15, -0.1) is 0 Å². The van der Waals surface area contributed by atoms with Crippen LogP contribution in [0.25, 0.3) is 0 Å². The SMILES string of the molecule is CNC(=O)C(CO)NC(=O)C(C)C.